The Morgan fingerprint density at radius 3 is 2.79 bits per heavy atom. The largest absolute Gasteiger partial charge is 0.481 e. The third-order valence-electron chi connectivity index (χ3n) is 3.73. The van der Waals surface area contributed by atoms with Crippen LogP contribution in [0.1, 0.15) is 52.9 Å². The summed E-state index contributed by atoms with van der Waals surface area (Å²) in [6, 6.07) is 5.46. The van der Waals surface area contributed by atoms with E-state index in [1.54, 1.807) is 20.1 Å². The second kappa shape index (κ2) is 10.6. The molecule has 1 atom stereocenters. The molecule has 8 nitrogen and oxygen atoms in total. The zero-order valence-electron chi connectivity index (χ0n) is 16.9. The lowest BCUT2D eigenvalue weighted by Gasteiger charge is -2.16. The molecule has 2 aromatic heterocycles. The highest BCUT2D eigenvalue weighted by molar-refractivity contribution is 7.13. The van der Waals surface area contributed by atoms with Gasteiger partial charge in [0.15, 0.2) is 5.96 Å². The lowest BCUT2D eigenvalue weighted by atomic mass is 10.3. The number of aliphatic imine (C=N–C) groups is 1. The summed E-state index contributed by atoms with van der Waals surface area (Å²) in [7, 11) is 1.59. The fourth-order valence-corrected chi connectivity index (χ4v) is 3.36. The molecule has 1 unspecified atom stereocenters. The second-order valence-corrected chi connectivity index (χ2v) is 6.95. The van der Waals surface area contributed by atoms with Gasteiger partial charge in [0, 0.05) is 12.6 Å². The Morgan fingerprint density at radius 2 is 2.11 bits per heavy atom. The maximum atomic E-state index is 12.0. The number of aromatic nitrogens is 2. The molecule has 2 aromatic rings. The summed E-state index contributed by atoms with van der Waals surface area (Å²) >= 11 is 1.34. The van der Waals surface area contributed by atoms with Crippen LogP contribution in [-0.4, -0.2) is 42.2 Å². The summed E-state index contributed by atoms with van der Waals surface area (Å²) in [5, 5.41) is 7.33. The number of esters is 1. The summed E-state index contributed by atoms with van der Waals surface area (Å²) in [6.45, 7) is 9.04. The van der Waals surface area contributed by atoms with E-state index in [9.17, 15) is 4.79 Å². The Morgan fingerprint density at radius 1 is 1.32 bits per heavy atom. The first-order valence-corrected chi connectivity index (χ1v) is 9.99. The van der Waals surface area contributed by atoms with Crippen LogP contribution in [0.5, 0.6) is 5.88 Å². The summed E-state index contributed by atoms with van der Waals surface area (Å²) in [5.41, 5.74) is 1.48. The number of carbonyl (C=O) groups excluding carboxylic acids is 1. The molecule has 2 heterocycles. The van der Waals surface area contributed by atoms with Gasteiger partial charge in [0.25, 0.3) is 0 Å². The number of thiazole rings is 1. The monoisotopic (exact) mass is 405 g/mol. The van der Waals surface area contributed by atoms with Crippen molar-refractivity contribution >= 4 is 23.3 Å². The van der Waals surface area contributed by atoms with Gasteiger partial charge < -0.3 is 20.1 Å². The molecule has 0 saturated heterocycles. The number of carbonyl (C=O) groups is 1. The first-order chi connectivity index (χ1) is 13.5. The van der Waals surface area contributed by atoms with Crippen LogP contribution in [0.15, 0.2) is 23.2 Å². The standard InChI is InChI=1S/C19H27N5O3S/c1-6-20-19(21-11-14-9-8-10-15(24-14)26-5)23-13(4)17-22-12(3)16(28-17)18(25)27-7-2/h8-10,13H,6-7,11H2,1-5H3,(H2,20,21,23). The van der Waals surface area contributed by atoms with E-state index in [4.69, 9.17) is 9.47 Å². The Bertz CT molecular complexity index is 822. The van der Waals surface area contributed by atoms with Gasteiger partial charge in [0.1, 0.15) is 9.88 Å². The van der Waals surface area contributed by atoms with Crippen LogP contribution < -0.4 is 15.4 Å². The molecule has 9 heteroatoms. The minimum absolute atomic E-state index is 0.122. The number of nitrogens with one attached hydrogen (secondary N) is 2. The number of ether oxygens (including phenoxy) is 2. The highest BCUT2D eigenvalue weighted by Crippen LogP contribution is 2.24. The zero-order chi connectivity index (χ0) is 20.5. The number of aryl methyl sites for hydroxylation is 1. The molecule has 0 aromatic carbocycles. The fourth-order valence-electron chi connectivity index (χ4n) is 2.39. The van der Waals surface area contributed by atoms with E-state index in [0.717, 1.165) is 17.2 Å². The van der Waals surface area contributed by atoms with Gasteiger partial charge >= 0.3 is 5.97 Å². The lowest BCUT2D eigenvalue weighted by Crippen LogP contribution is -2.38. The third-order valence-corrected chi connectivity index (χ3v) is 5.05. The maximum Gasteiger partial charge on any atom is 0.350 e. The van der Waals surface area contributed by atoms with Gasteiger partial charge in [0.05, 0.1) is 37.7 Å². The van der Waals surface area contributed by atoms with Gasteiger partial charge in [-0.3, -0.25) is 0 Å². The van der Waals surface area contributed by atoms with Crippen molar-refractivity contribution in [2.45, 2.75) is 40.3 Å². The third kappa shape index (κ3) is 5.91. The molecule has 0 spiro atoms. The van der Waals surface area contributed by atoms with Crippen molar-refractivity contribution in [3.63, 3.8) is 0 Å². The summed E-state index contributed by atoms with van der Waals surface area (Å²) in [4.78, 5) is 26.0. The normalized spacial score (nSPS) is 12.4. The number of nitrogens with zero attached hydrogens (tertiary/aromatic N) is 3. The molecule has 0 saturated carbocycles. The van der Waals surface area contributed by atoms with E-state index in [0.29, 0.717) is 35.6 Å². The van der Waals surface area contributed by atoms with E-state index in [1.165, 1.54) is 11.3 Å². The fraction of sp³-hybridized carbons (Fsp3) is 0.474. The smallest absolute Gasteiger partial charge is 0.350 e. The number of hydrogen-bond donors (Lipinski definition) is 2. The molecule has 152 valence electrons. The minimum atomic E-state index is -0.333. The van der Waals surface area contributed by atoms with E-state index in [1.807, 2.05) is 32.9 Å². The molecular weight excluding hydrogens is 378 g/mol. The molecule has 0 radical (unpaired) electrons. The van der Waals surface area contributed by atoms with Crippen molar-refractivity contribution in [1.29, 1.82) is 0 Å². The SMILES string of the molecule is CCNC(=NCc1cccc(OC)n1)NC(C)c1nc(C)c(C(=O)OCC)s1. The van der Waals surface area contributed by atoms with Crippen LogP contribution in [0.4, 0.5) is 0 Å². The van der Waals surface area contributed by atoms with Gasteiger partial charge in [-0.2, -0.15) is 0 Å². The topological polar surface area (TPSA) is 97.7 Å². The van der Waals surface area contributed by atoms with E-state index < -0.39 is 0 Å². The summed E-state index contributed by atoms with van der Waals surface area (Å²) < 4.78 is 10.2. The second-order valence-electron chi connectivity index (χ2n) is 5.92. The van der Waals surface area contributed by atoms with Crippen molar-refractivity contribution in [3.8, 4) is 5.88 Å². The molecule has 0 aliphatic heterocycles. The zero-order valence-corrected chi connectivity index (χ0v) is 17.7. The molecule has 0 bridgehead atoms. The Kier molecular flexibility index (Phi) is 8.19. The number of hydrogen-bond acceptors (Lipinski definition) is 7. The Balaban J connectivity index is 2.10. The van der Waals surface area contributed by atoms with Gasteiger partial charge in [0.2, 0.25) is 5.88 Å². The van der Waals surface area contributed by atoms with Gasteiger partial charge in [-0.05, 0) is 33.8 Å². The quantitative estimate of drug-likeness (QED) is 0.396. The summed E-state index contributed by atoms with van der Waals surface area (Å²) in [6.07, 6.45) is 0. The number of rotatable bonds is 8. The first-order valence-electron chi connectivity index (χ1n) is 9.17. The predicted octanol–water partition coefficient (Wildman–Crippen LogP) is 2.85. The van der Waals surface area contributed by atoms with E-state index in [2.05, 4.69) is 25.6 Å². The van der Waals surface area contributed by atoms with Gasteiger partial charge in [-0.25, -0.2) is 19.8 Å². The Labute approximate surface area is 169 Å². The van der Waals surface area contributed by atoms with Crippen LogP contribution >= 0.6 is 11.3 Å². The highest BCUT2D eigenvalue weighted by Gasteiger charge is 2.20. The van der Waals surface area contributed by atoms with Crippen LogP contribution in [-0.2, 0) is 11.3 Å². The van der Waals surface area contributed by atoms with Crippen LogP contribution in [0.2, 0.25) is 0 Å². The van der Waals surface area contributed by atoms with Crippen molar-refractivity contribution < 1.29 is 14.3 Å². The minimum Gasteiger partial charge on any atom is -0.481 e. The highest BCUT2D eigenvalue weighted by atomic mass is 32.1. The molecule has 2 rings (SSSR count). The number of guanidine groups is 1. The van der Waals surface area contributed by atoms with Crippen molar-refractivity contribution in [2.24, 2.45) is 4.99 Å². The molecule has 0 amide bonds. The van der Waals surface area contributed by atoms with Gasteiger partial charge in [-0.1, -0.05) is 6.07 Å². The average Bonchev–Trinajstić information content (AvgIpc) is 3.08. The van der Waals surface area contributed by atoms with Gasteiger partial charge in [-0.15, -0.1) is 11.3 Å². The van der Waals surface area contributed by atoms with Crippen LogP contribution in [0, 0.1) is 6.92 Å². The van der Waals surface area contributed by atoms with Crippen molar-refractivity contribution in [2.75, 3.05) is 20.3 Å². The van der Waals surface area contributed by atoms with E-state index in [-0.39, 0.29) is 12.0 Å². The first kappa shape index (κ1) is 21.6. The average molecular weight is 406 g/mol. The van der Waals surface area contributed by atoms with Crippen LogP contribution in [0.25, 0.3) is 0 Å². The van der Waals surface area contributed by atoms with Crippen molar-refractivity contribution in [1.82, 2.24) is 20.6 Å². The molecule has 0 aliphatic carbocycles. The molecular formula is C19H27N5O3S. The number of pyridine rings is 1. The predicted molar refractivity (Wildman–Crippen MR) is 110 cm³/mol. The summed E-state index contributed by atoms with van der Waals surface area (Å²) in [5.74, 6) is 0.870. The van der Waals surface area contributed by atoms with Crippen LogP contribution in [0.3, 0.4) is 0 Å². The van der Waals surface area contributed by atoms with Crippen molar-refractivity contribution in [3.05, 3.63) is 39.5 Å². The molecule has 28 heavy (non-hydrogen) atoms. The molecule has 0 fully saturated rings. The molecule has 0 aliphatic rings. The lowest BCUT2D eigenvalue weighted by molar-refractivity contribution is 0.0531. The molecule has 2 N–H and O–H groups in total. The Hall–Kier alpha value is -2.68. The van der Waals surface area contributed by atoms with E-state index >= 15 is 0 Å². The maximum absolute atomic E-state index is 12.0. The number of methoxy groups -OCH3 is 1.